The number of anilines is 1. The highest BCUT2D eigenvalue weighted by Gasteiger charge is 2.43. The van der Waals surface area contributed by atoms with Crippen molar-refractivity contribution in [2.45, 2.75) is 48.1 Å². The zero-order valence-electron chi connectivity index (χ0n) is 25.2. The van der Waals surface area contributed by atoms with Crippen molar-refractivity contribution in [1.82, 2.24) is 4.57 Å². The third-order valence-electron chi connectivity index (χ3n) is 8.90. The van der Waals surface area contributed by atoms with E-state index in [-0.39, 0.29) is 11.8 Å². The first kappa shape index (κ1) is 27.6. The van der Waals surface area contributed by atoms with Gasteiger partial charge in [0.15, 0.2) is 0 Å². The number of imide groups is 1. The van der Waals surface area contributed by atoms with Crippen molar-refractivity contribution in [2.75, 3.05) is 4.90 Å². The van der Waals surface area contributed by atoms with Crippen LogP contribution in [0.5, 0.6) is 0 Å². The molecular weight excluding hydrogens is 569 g/mol. The van der Waals surface area contributed by atoms with Crippen LogP contribution in [0.1, 0.15) is 47.3 Å². The van der Waals surface area contributed by atoms with Gasteiger partial charge in [0.05, 0.1) is 16.8 Å². The van der Waals surface area contributed by atoms with Crippen LogP contribution in [0, 0.1) is 41.5 Å². The van der Waals surface area contributed by atoms with Gasteiger partial charge >= 0.3 is 0 Å². The van der Waals surface area contributed by atoms with E-state index in [1.165, 1.54) is 20.2 Å². The minimum atomic E-state index is -0.251. The maximum absolute atomic E-state index is 14.5. The molecule has 0 saturated heterocycles. The summed E-state index contributed by atoms with van der Waals surface area (Å²) in [7, 11) is 0. The van der Waals surface area contributed by atoms with Gasteiger partial charge < -0.3 is 4.57 Å². The highest BCUT2D eigenvalue weighted by atomic mass is 32.1. The van der Waals surface area contributed by atoms with Crippen molar-refractivity contribution < 1.29 is 9.59 Å². The van der Waals surface area contributed by atoms with Crippen molar-refractivity contribution in [3.8, 4) is 0 Å². The molecule has 4 nitrogen and oxygen atoms in total. The number of fused-ring (bicyclic) bond motifs is 3. The van der Waals surface area contributed by atoms with Crippen molar-refractivity contribution >= 4 is 73.1 Å². The second-order valence-electron chi connectivity index (χ2n) is 11.4. The predicted molar refractivity (Wildman–Crippen MR) is 181 cm³/mol. The van der Waals surface area contributed by atoms with E-state index in [0.29, 0.717) is 16.8 Å². The third-order valence-corrected chi connectivity index (χ3v) is 11.1. The Bertz CT molecular complexity index is 2080. The first-order valence-electron chi connectivity index (χ1n) is 14.5. The van der Waals surface area contributed by atoms with E-state index in [2.05, 4.69) is 94.6 Å². The normalized spacial score (nSPS) is 13.9. The van der Waals surface area contributed by atoms with Crippen LogP contribution in [0.3, 0.4) is 0 Å². The predicted octanol–water partition coefficient (Wildman–Crippen LogP) is 9.30. The highest BCUT2D eigenvalue weighted by Crippen LogP contribution is 2.46. The maximum atomic E-state index is 14.5. The maximum Gasteiger partial charge on any atom is 0.266 e. The number of aryl methyl sites for hydroxylation is 4. The SMILES string of the molecule is Cc1sc(C)c(C2=C(c3c(C)sc(C)c3C)C(=O)N(c3ccc4c(c3)c3ccccc3n4Cc3ccccc3)C2=O)c1C. The molecule has 3 aromatic carbocycles. The van der Waals surface area contributed by atoms with Gasteiger partial charge in [0.1, 0.15) is 0 Å². The van der Waals surface area contributed by atoms with Crippen molar-refractivity contribution in [3.63, 3.8) is 0 Å². The van der Waals surface area contributed by atoms with E-state index in [1.54, 1.807) is 22.7 Å². The Balaban J connectivity index is 1.42. The minimum absolute atomic E-state index is 0.251. The molecule has 0 radical (unpaired) electrons. The average Bonchev–Trinajstić information content (AvgIpc) is 3.62. The molecule has 0 spiro atoms. The average molecular weight is 601 g/mol. The van der Waals surface area contributed by atoms with Gasteiger partial charge in [-0.3, -0.25) is 9.59 Å². The van der Waals surface area contributed by atoms with Crippen molar-refractivity contribution in [3.05, 3.63) is 120 Å². The van der Waals surface area contributed by atoms with Crippen LogP contribution in [-0.4, -0.2) is 16.4 Å². The third kappa shape index (κ3) is 4.15. The lowest BCUT2D eigenvalue weighted by atomic mass is 9.92. The highest BCUT2D eigenvalue weighted by molar-refractivity contribution is 7.12. The quantitative estimate of drug-likeness (QED) is 0.185. The molecule has 0 N–H and O–H groups in total. The Kier molecular flexibility index (Phi) is 6.53. The number of amides is 2. The smallest absolute Gasteiger partial charge is 0.266 e. The van der Waals surface area contributed by atoms with Crippen LogP contribution < -0.4 is 4.90 Å². The molecular formula is C37H32N2O2S2. The van der Waals surface area contributed by atoms with E-state index in [9.17, 15) is 9.59 Å². The Morgan fingerprint density at radius 1 is 0.581 bits per heavy atom. The number of para-hydroxylation sites is 1. The summed E-state index contributed by atoms with van der Waals surface area (Å²) in [4.78, 5) is 34.9. The molecule has 0 saturated carbocycles. The molecule has 1 aliphatic heterocycles. The Morgan fingerprint density at radius 3 is 1.67 bits per heavy atom. The summed E-state index contributed by atoms with van der Waals surface area (Å²) in [6.07, 6.45) is 0. The number of nitrogens with zero attached hydrogens (tertiary/aromatic N) is 2. The van der Waals surface area contributed by atoms with E-state index in [1.807, 2.05) is 24.3 Å². The molecule has 6 aromatic rings. The molecule has 0 unspecified atom stereocenters. The zero-order chi connectivity index (χ0) is 30.2. The molecule has 214 valence electrons. The van der Waals surface area contributed by atoms with E-state index in [4.69, 9.17) is 0 Å². The number of hydrogen-bond donors (Lipinski definition) is 0. The number of aromatic nitrogens is 1. The fourth-order valence-electron chi connectivity index (χ4n) is 6.67. The topological polar surface area (TPSA) is 42.3 Å². The summed E-state index contributed by atoms with van der Waals surface area (Å²) in [5.41, 5.74) is 9.01. The molecule has 0 fully saturated rings. The molecule has 7 rings (SSSR count). The second kappa shape index (κ2) is 10.2. The van der Waals surface area contributed by atoms with Gasteiger partial charge in [-0.15, -0.1) is 22.7 Å². The van der Waals surface area contributed by atoms with Crippen LogP contribution >= 0.6 is 22.7 Å². The fraction of sp³-hybridized carbons (Fsp3) is 0.189. The number of thiophene rings is 2. The van der Waals surface area contributed by atoms with Gasteiger partial charge in [0.2, 0.25) is 0 Å². The molecule has 2 amide bonds. The van der Waals surface area contributed by atoms with E-state index < -0.39 is 0 Å². The number of hydrogen-bond acceptors (Lipinski definition) is 4. The molecule has 0 aliphatic carbocycles. The Morgan fingerprint density at radius 2 is 1.12 bits per heavy atom. The van der Waals surface area contributed by atoms with E-state index in [0.717, 1.165) is 60.4 Å². The van der Waals surface area contributed by atoms with Gasteiger partial charge in [0, 0.05) is 59.0 Å². The summed E-state index contributed by atoms with van der Waals surface area (Å²) in [6, 6.07) is 24.8. The summed E-state index contributed by atoms with van der Waals surface area (Å²) in [5, 5.41) is 2.13. The first-order valence-corrected chi connectivity index (χ1v) is 16.1. The van der Waals surface area contributed by atoms with E-state index >= 15 is 0 Å². The lowest BCUT2D eigenvalue weighted by molar-refractivity contribution is -0.119. The monoisotopic (exact) mass is 600 g/mol. The first-order chi connectivity index (χ1) is 20.7. The van der Waals surface area contributed by atoms with Crippen LogP contribution in [-0.2, 0) is 16.1 Å². The summed E-state index contributed by atoms with van der Waals surface area (Å²) in [6.45, 7) is 13.1. The zero-order valence-corrected chi connectivity index (χ0v) is 26.8. The number of carbonyl (C=O) groups is 2. The van der Waals surface area contributed by atoms with Crippen LogP contribution in [0.4, 0.5) is 5.69 Å². The molecule has 1 aliphatic rings. The molecule has 43 heavy (non-hydrogen) atoms. The molecule has 4 heterocycles. The van der Waals surface area contributed by atoms with Crippen molar-refractivity contribution in [2.24, 2.45) is 0 Å². The number of benzene rings is 3. The number of rotatable bonds is 5. The summed E-state index contributed by atoms with van der Waals surface area (Å²) in [5.74, 6) is -0.502. The summed E-state index contributed by atoms with van der Waals surface area (Å²) >= 11 is 3.37. The molecule has 0 atom stereocenters. The van der Waals surface area contributed by atoms with Gasteiger partial charge in [-0.1, -0.05) is 48.5 Å². The van der Waals surface area contributed by atoms with Crippen molar-refractivity contribution in [1.29, 1.82) is 0 Å². The molecule has 3 aromatic heterocycles. The largest absolute Gasteiger partial charge is 0.336 e. The fourth-order valence-corrected chi connectivity index (χ4v) is 8.81. The van der Waals surface area contributed by atoms with Crippen LogP contribution in [0.25, 0.3) is 33.0 Å². The number of carbonyl (C=O) groups excluding carboxylic acids is 2. The molecule has 0 bridgehead atoms. The standard InChI is InChI=1S/C37H32N2O2S2/c1-20-22(3)42-24(5)32(20)34-35(33-21(2)23(4)43-25(33)6)37(41)39(36(34)40)27-16-17-31-29(18-27)28-14-10-11-15-30(28)38(31)19-26-12-8-7-9-13-26/h7-18H,19H2,1-6H3. The van der Waals surface area contributed by atoms with Gasteiger partial charge in [-0.2, -0.15) is 0 Å². The lowest BCUT2D eigenvalue weighted by Crippen LogP contribution is -2.31. The van der Waals surface area contributed by atoms with Gasteiger partial charge in [-0.05, 0) is 82.5 Å². The van der Waals surface area contributed by atoms with Crippen LogP contribution in [0.2, 0.25) is 0 Å². The summed E-state index contributed by atoms with van der Waals surface area (Å²) < 4.78 is 2.31. The van der Waals surface area contributed by atoms with Gasteiger partial charge in [-0.25, -0.2) is 4.90 Å². The lowest BCUT2D eigenvalue weighted by Gasteiger charge is -2.16. The van der Waals surface area contributed by atoms with Crippen LogP contribution in [0.15, 0.2) is 72.8 Å². The van der Waals surface area contributed by atoms with Gasteiger partial charge in [0.25, 0.3) is 11.8 Å². The Labute approximate surface area is 259 Å². The Hall–Kier alpha value is -4.26. The minimum Gasteiger partial charge on any atom is -0.336 e. The molecule has 6 heteroatoms. The second-order valence-corrected chi connectivity index (χ2v) is 14.3.